The van der Waals surface area contributed by atoms with Gasteiger partial charge in [0.2, 0.25) is 0 Å². The summed E-state index contributed by atoms with van der Waals surface area (Å²) in [6, 6.07) is 10.0. The minimum atomic E-state index is -0.338. The molecule has 0 bridgehead atoms. The Labute approximate surface area is 120 Å². The third-order valence-corrected chi connectivity index (χ3v) is 2.75. The van der Waals surface area contributed by atoms with Crippen molar-refractivity contribution in [3.63, 3.8) is 0 Å². The number of nitrogens with zero attached hydrogens (tertiary/aromatic N) is 1. The maximum absolute atomic E-state index is 12.2. The van der Waals surface area contributed by atoms with Gasteiger partial charge >= 0.3 is 0 Å². The van der Waals surface area contributed by atoms with Crippen LogP contribution in [-0.4, -0.2) is 18.0 Å². The number of nitrogen functional groups attached to an aromatic ring is 1. The van der Waals surface area contributed by atoms with Crippen molar-refractivity contribution in [1.82, 2.24) is 4.98 Å². The lowest BCUT2D eigenvalue weighted by atomic mass is 10.2. The van der Waals surface area contributed by atoms with Crippen LogP contribution in [0.5, 0.6) is 5.75 Å². The second kappa shape index (κ2) is 6.23. The molecule has 104 valence electrons. The summed E-state index contributed by atoms with van der Waals surface area (Å²) in [6.45, 7) is 0. The highest BCUT2D eigenvalue weighted by atomic mass is 35.5. The fourth-order valence-corrected chi connectivity index (χ4v) is 1.85. The number of carbonyl (C=O) groups is 1. The van der Waals surface area contributed by atoms with Gasteiger partial charge in [0.25, 0.3) is 5.91 Å². The molecular formula is C13H13ClN4O2. The summed E-state index contributed by atoms with van der Waals surface area (Å²) < 4.78 is 5.17. The van der Waals surface area contributed by atoms with Crippen LogP contribution in [0.15, 0.2) is 36.4 Å². The average Bonchev–Trinajstić information content (AvgIpc) is 2.47. The van der Waals surface area contributed by atoms with Crippen LogP contribution >= 0.6 is 11.6 Å². The first-order valence-corrected chi connectivity index (χ1v) is 6.10. The molecule has 0 unspecified atom stereocenters. The first-order valence-electron chi connectivity index (χ1n) is 5.72. The van der Waals surface area contributed by atoms with E-state index in [9.17, 15) is 4.79 Å². The number of halogens is 1. The number of pyridine rings is 1. The molecule has 20 heavy (non-hydrogen) atoms. The molecule has 0 aliphatic rings. The number of anilines is 2. The summed E-state index contributed by atoms with van der Waals surface area (Å²) in [5.74, 6) is 5.80. The summed E-state index contributed by atoms with van der Waals surface area (Å²) in [4.78, 5) is 16.1. The number of benzene rings is 1. The number of hydrogen-bond donors (Lipinski definition) is 3. The first kappa shape index (κ1) is 14.1. The molecule has 1 aromatic heterocycles. The Morgan fingerprint density at radius 3 is 2.80 bits per heavy atom. The molecule has 2 rings (SSSR count). The molecule has 6 nitrogen and oxygen atoms in total. The number of rotatable bonds is 4. The third kappa shape index (κ3) is 3.17. The summed E-state index contributed by atoms with van der Waals surface area (Å²) in [5.41, 5.74) is 3.25. The smallest absolute Gasteiger partial charge is 0.256 e. The molecule has 0 saturated carbocycles. The van der Waals surface area contributed by atoms with Crippen LogP contribution in [0.1, 0.15) is 10.4 Å². The van der Waals surface area contributed by atoms with Gasteiger partial charge in [-0.25, -0.2) is 10.8 Å². The molecule has 0 aliphatic heterocycles. The van der Waals surface area contributed by atoms with E-state index >= 15 is 0 Å². The van der Waals surface area contributed by atoms with Crippen LogP contribution < -0.4 is 21.3 Å². The minimum absolute atomic E-state index is 0.172. The van der Waals surface area contributed by atoms with Crippen molar-refractivity contribution in [1.29, 1.82) is 0 Å². The maximum Gasteiger partial charge on any atom is 0.256 e. The van der Waals surface area contributed by atoms with Gasteiger partial charge in [0.05, 0.1) is 12.8 Å². The monoisotopic (exact) mass is 292 g/mol. The first-order chi connectivity index (χ1) is 9.63. The van der Waals surface area contributed by atoms with E-state index in [1.54, 1.807) is 18.2 Å². The summed E-state index contributed by atoms with van der Waals surface area (Å²) in [6.07, 6.45) is 0. The number of nitrogens with one attached hydrogen (secondary N) is 2. The van der Waals surface area contributed by atoms with Gasteiger partial charge in [0.1, 0.15) is 16.7 Å². The van der Waals surface area contributed by atoms with Gasteiger partial charge in [-0.1, -0.05) is 23.7 Å². The molecule has 0 aliphatic carbocycles. The van der Waals surface area contributed by atoms with E-state index < -0.39 is 0 Å². The summed E-state index contributed by atoms with van der Waals surface area (Å²) in [5, 5.41) is 2.91. The molecule has 1 amide bonds. The highest BCUT2D eigenvalue weighted by Crippen LogP contribution is 2.24. The van der Waals surface area contributed by atoms with E-state index in [1.165, 1.54) is 19.2 Å². The molecule has 2 aromatic rings. The van der Waals surface area contributed by atoms with Gasteiger partial charge in [-0.2, -0.15) is 0 Å². The average molecular weight is 293 g/mol. The lowest BCUT2D eigenvalue weighted by Gasteiger charge is -2.10. The zero-order valence-electron chi connectivity index (χ0n) is 10.7. The molecule has 7 heteroatoms. The zero-order valence-corrected chi connectivity index (χ0v) is 11.4. The third-order valence-electron chi connectivity index (χ3n) is 2.56. The highest BCUT2D eigenvalue weighted by molar-refractivity contribution is 6.30. The lowest BCUT2D eigenvalue weighted by molar-refractivity contribution is 0.102. The number of amides is 1. The summed E-state index contributed by atoms with van der Waals surface area (Å²) >= 11 is 5.82. The molecule has 0 fully saturated rings. The molecule has 1 aromatic carbocycles. The SMILES string of the molecule is COc1ccccc1NC(=O)c1cc(Cl)nc(NN)c1. The van der Waals surface area contributed by atoms with Gasteiger partial charge < -0.3 is 15.5 Å². The molecule has 0 spiro atoms. The van der Waals surface area contributed by atoms with E-state index in [-0.39, 0.29) is 11.1 Å². The van der Waals surface area contributed by atoms with Gasteiger partial charge in [-0.05, 0) is 24.3 Å². The number of carbonyl (C=O) groups excluding carboxylic acids is 1. The number of methoxy groups -OCH3 is 1. The number of nitrogens with two attached hydrogens (primary N) is 1. The maximum atomic E-state index is 12.2. The van der Waals surface area contributed by atoms with Crippen LogP contribution in [0.25, 0.3) is 0 Å². The minimum Gasteiger partial charge on any atom is -0.495 e. The quantitative estimate of drug-likeness (QED) is 0.457. The van der Waals surface area contributed by atoms with Gasteiger partial charge in [-0.15, -0.1) is 0 Å². The Kier molecular flexibility index (Phi) is 4.39. The Balaban J connectivity index is 2.26. The molecule has 0 saturated heterocycles. The number of hydrazine groups is 1. The molecule has 0 atom stereocenters. The zero-order chi connectivity index (χ0) is 14.5. The van der Waals surface area contributed by atoms with Crippen LogP contribution in [0.3, 0.4) is 0 Å². The van der Waals surface area contributed by atoms with Crippen molar-refractivity contribution < 1.29 is 9.53 Å². The van der Waals surface area contributed by atoms with E-state index in [0.717, 1.165) is 0 Å². The Bertz CT molecular complexity index is 634. The Hall–Kier alpha value is -2.31. The van der Waals surface area contributed by atoms with Crippen molar-refractivity contribution in [2.75, 3.05) is 17.9 Å². The van der Waals surface area contributed by atoms with Gasteiger partial charge in [0, 0.05) is 5.56 Å². The van der Waals surface area contributed by atoms with Crippen molar-refractivity contribution in [3.8, 4) is 5.75 Å². The second-order valence-corrected chi connectivity index (χ2v) is 4.25. The van der Waals surface area contributed by atoms with Crippen molar-refractivity contribution in [3.05, 3.63) is 47.1 Å². The topological polar surface area (TPSA) is 89.3 Å². The Morgan fingerprint density at radius 1 is 1.35 bits per heavy atom. The van der Waals surface area contributed by atoms with E-state index in [4.69, 9.17) is 22.2 Å². The number of ether oxygens (including phenoxy) is 1. The molecule has 4 N–H and O–H groups in total. The predicted octanol–water partition coefficient (Wildman–Crippen LogP) is 2.28. The van der Waals surface area contributed by atoms with Crippen molar-refractivity contribution in [2.45, 2.75) is 0 Å². The van der Waals surface area contributed by atoms with Crippen LogP contribution in [0, 0.1) is 0 Å². The van der Waals surface area contributed by atoms with E-state index in [1.807, 2.05) is 6.07 Å². The summed E-state index contributed by atoms with van der Waals surface area (Å²) in [7, 11) is 1.53. The number of hydrogen-bond acceptors (Lipinski definition) is 5. The highest BCUT2D eigenvalue weighted by Gasteiger charge is 2.11. The standard InChI is InChI=1S/C13H13ClN4O2/c1-20-10-5-3-2-4-9(10)16-13(19)8-6-11(14)17-12(7-8)18-15/h2-7H,15H2,1H3,(H,16,19)(H,17,18). The lowest BCUT2D eigenvalue weighted by Crippen LogP contribution is -2.15. The van der Waals surface area contributed by atoms with Gasteiger partial charge in [0.15, 0.2) is 0 Å². The van der Waals surface area contributed by atoms with Crippen molar-refractivity contribution in [2.24, 2.45) is 5.84 Å². The van der Waals surface area contributed by atoms with Crippen LogP contribution in [0.4, 0.5) is 11.5 Å². The molecule has 0 radical (unpaired) electrons. The fraction of sp³-hybridized carbons (Fsp3) is 0.0769. The normalized spacial score (nSPS) is 9.95. The van der Waals surface area contributed by atoms with E-state index in [2.05, 4.69) is 15.7 Å². The number of para-hydroxylation sites is 2. The predicted molar refractivity (Wildman–Crippen MR) is 78.0 cm³/mol. The number of aromatic nitrogens is 1. The van der Waals surface area contributed by atoms with Crippen molar-refractivity contribution >= 4 is 29.0 Å². The molecule has 1 heterocycles. The molecular weight excluding hydrogens is 280 g/mol. The second-order valence-electron chi connectivity index (χ2n) is 3.86. The van der Waals surface area contributed by atoms with E-state index in [0.29, 0.717) is 22.8 Å². The van der Waals surface area contributed by atoms with Gasteiger partial charge in [-0.3, -0.25) is 4.79 Å². The fourth-order valence-electron chi connectivity index (χ4n) is 1.64. The Morgan fingerprint density at radius 2 is 2.10 bits per heavy atom. The van der Waals surface area contributed by atoms with Crippen LogP contribution in [-0.2, 0) is 0 Å². The largest absolute Gasteiger partial charge is 0.495 e. The van der Waals surface area contributed by atoms with Crippen LogP contribution in [0.2, 0.25) is 5.15 Å².